The molecule has 1 aromatic heterocycles. The molecule has 0 saturated carbocycles. The van der Waals surface area contributed by atoms with Crippen molar-refractivity contribution in [2.75, 3.05) is 20.2 Å². The van der Waals surface area contributed by atoms with E-state index in [2.05, 4.69) is 39.0 Å². The largest absolute Gasteiger partial charge is 0.497 e. The van der Waals surface area contributed by atoms with Crippen LogP contribution < -0.4 is 4.74 Å². The number of aryl methyl sites for hydroxylation is 1. The van der Waals surface area contributed by atoms with Crippen molar-refractivity contribution >= 4 is 0 Å². The zero-order chi connectivity index (χ0) is 15.8. The van der Waals surface area contributed by atoms with Crippen LogP contribution in [0.1, 0.15) is 29.9 Å². The zero-order valence-corrected chi connectivity index (χ0v) is 13.6. The highest BCUT2D eigenvalue weighted by Gasteiger charge is 2.40. The van der Waals surface area contributed by atoms with Gasteiger partial charge < -0.3 is 9.47 Å². The summed E-state index contributed by atoms with van der Waals surface area (Å²) in [6.07, 6.45) is 1.12. The number of fused-ring (bicyclic) bond motifs is 3. The molecule has 2 atom stereocenters. The number of nitrogens with zero attached hydrogens (tertiary/aromatic N) is 4. The summed E-state index contributed by atoms with van der Waals surface area (Å²) in [6, 6.07) is 8.55. The van der Waals surface area contributed by atoms with Gasteiger partial charge in [-0.3, -0.25) is 4.90 Å². The molecule has 2 aliphatic heterocycles. The third-order valence-electron chi connectivity index (χ3n) is 4.83. The lowest BCUT2D eigenvalue weighted by molar-refractivity contribution is -0.00559. The lowest BCUT2D eigenvalue weighted by Gasteiger charge is -2.26. The van der Waals surface area contributed by atoms with Crippen LogP contribution in [0.2, 0.25) is 0 Å². The van der Waals surface area contributed by atoms with Gasteiger partial charge in [0.05, 0.1) is 37.3 Å². The maximum Gasteiger partial charge on any atom is 0.118 e. The first-order chi connectivity index (χ1) is 11.3. The average Bonchev–Trinajstić information content (AvgIpc) is 3.18. The molecule has 0 amide bonds. The molecule has 0 aliphatic carbocycles. The predicted molar refractivity (Wildman–Crippen MR) is 85.3 cm³/mol. The molecule has 1 saturated heterocycles. The Morgan fingerprint density at radius 2 is 2.09 bits per heavy atom. The maximum atomic E-state index is 6.07. The van der Waals surface area contributed by atoms with Crippen LogP contribution >= 0.6 is 0 Å². The van der Waals surface area contributed by atoms with Crippen molar-refractivity contribution in [3.05, 3.63) is 41.2 Å². The number of rotatable bonds is 4. The van der Waals surface area contributed by atoms with Crippen molar-refractivity contribution in [3.8, 4) is 5.75 Å². The summed E-state index contributed by atoms with van der Waals surface area (Å²) in [5.41, 5.74) is 3.51. The summed E-state index contributed by atoms with van der Waals surface area (Å²) in [4.78, 5) is 2.43. The van der Waals surface area contributed by atoms with Crippen LogP contribution in [0.4, 0.5) is 0 Å². The highest BCUT2D eigenvalue weighted by atomic mass is 16.5. The fraction of sp³-hybridized carbons (Fsp3) is 0.529. The molecule has 0 bridgehead atoms. The van der Waals surface area contributed by atoms with Gasteiger partial charge in [0.15, 0.2) is 0 Å². The van der Waals surface area contributed by atoms with Crippen molar-refractivity contribution in [2.24, 2.45) is 0 Å². The van der Waals surface area contributed by atoms with Crippen LogP contribution in [0.5, 0.6) is 5.75 Å². The second-order valence-electron chi connectivity index (χ2n) is 6.24. The lowest BCUT2D eigenvalue weighted by atomic mass is 10.1. The van der Waals surface area contributed by atoms with Crippen molar-refractivity contribution < 1.29 is 9.47 Å². The van der Waals surface area contributed by atoms with Gasteiger partial charge in [-0.1, -0.05) is 24.3 Å². The molecule has 4 rings (SSSR count). The molecule has 2 aliphatic rings. The summed E-state index contributed by atoms with van der Waals surface area (Å²) in [6.45, 7) is 5.56. The Morgan fingerprint density at radius 3 is 2.83 bits per heavy atom. The van der Waals surface area contributed by atoms with Crippen LogP contribution in [0.25, 0.3) is 0 Å². The second-order valence-corrected chi connectivity index (χ2v) is 6.24. The summed E-state index contributed by atoms with van der Waals surface area (Å²) in [5.74, 6) is 0.895. The minimum absolute atomic E-state index is 0.215. The standard InChI is InChI=1S/C17H22N4O2/c1-3-14-16-11-23-17-10-20(9-15(17)21(16)19-18-14)8-12-4-6-13(22-2)7-5-12/h4-7,15,17H,3,8-11H2,1-2H3/t15-,17-/m1/s1. The smallest absolute Gasteiger partial charge is 0.118 e. The number of aromatic nitrogens is 3. The van der Waals surface area contributed by atoms with Gasteiger partial charge in [-0.15, -0.1) is 5.10 Å². The third kappa shape index (κ3) is 2.62. The van der Waals surface area contributed by atoms with E-state index in [0.717, 1.165) is 43.2 Å². The van der Waals surface area contributed by atoms with E-state index in [9.17, 15) is 0 Å². The Bertz CT molecular complexity index is 682. The quantitative estimate of drug-likeness (QED) is 0.861. The van der Waals surface area contributed by atoms with Crippen molar-refractivity contribution in [1.82, 2.24) is 19.9 Å². The molecular formula is C17H22N4O2. The van der Waals surface area contributed by atoms with E-state index in [1.54, 1.807) is 7.11 Å². The Balaban J connectivity index is 1.48. The van der Waals surface area contributed by atoms with E-state index in [1.165, 1.54) is 5.56 Å². The predicted octanol–water partition coefficient (Wildman–Crippen LogP) is 1.80. The highest BCUT2D eigenvalue weighted by Crippen LogP contribution is 2.32. The van der Waals surface area contributed by atoms with Gasteiger partial charge in [-0.25, -0.2) is 4.68 Å². The second kappa shape index (κ2) is 5.94. The van der Waals surface area contributed by atoms with Gasteiger partial charge in [0, 0.05) is 19.6 Å². The van der Waals surface area contributed by atoms with Crippen LogP contribution in [0.15, 0.2) is 24.3 Å². The maximum absolute atomic E-state index is 6.07. The zero-order valence-electron chi connectivity index (χ0n) is 13.6. The fourth-order valence-corrected chi connectivity index (χ4v) is 3.57. The van der Waals surface area contributed by atoms with E-state index in [1.807, 2.05) is 12.1 Å². The molecule has 0 spiro atoms. The van der Waals surface area contributed by atoms with Gasteiger partial charge in [-0.05, 0) is 24.1 Å². The van der Waals surface area contributed by atoms with Gasteiger partial charge in [0.1, 0.15) is 5.75 Å². The molecule has 1 aromatic carbocycles. The SMILES string of the molecule is CCc1nnn2c1CO[C@@H]1CN(Cc3ccc(OC)cc3)C[C@H]12. The van der Waals surface area contributed by atoms with Gasteiger partial charge in [-0.2, -0.15) is 0 Å². The number of likely N-dealkylation sites (tertiary alicyclic amines) is 1. The topological polar surface area (TPSA) is 52.4 Å². The van der Waals surface area contributed by atoms with Crippen molar-refractivity contribution in [1.29, 1.82) is 0 Å². The Kier molecular flexibility index (Phi) is 3.79. The molecular weight excluding hydrogens is 292 g/mol. The van der Waals surface area contributed by atoms with Gasteiger partial charge in [0.25, 0.3) is 0 Å². The summed E-state index contributed by atoms with van der Waals surface area (Å²) in [5, 5.41) is 8.68. The lowest BCUT2D eigenvalue weighted by Crippen LogP contribution is -2.32. The van der Waals surface area contributed by atoms with Gasteiger partial charge in [0.2, 0.25) is 0 Å². The Hall–Kier alpha value is -1.92. The number of methoxy groups -OCH3 is 1. The molecule has 2 aromatic rings. The van der Waals surface area contributed by atoms with Crippen molar-refractivity contribution in [2.45, 2.75) is 38.6 Å². The summed E-state index contributed by atoms with van der Waals surface area (Å²) < 4.78 is 13.4. The Labute approximate surface area is 136 Å². The molecule has 3 heterocycles. The van der Waals surface area contributed by atoms with E-state index in [0.29, 0.717) is 6.61 Å². The molecule has 6 heteroatoms. The third-order valence-corrected chi connectivity index (χ3v) is 4.83. The van der Waals surface area contributed by atoms with Crippen LogP contribution in [-0.2, 0) is 24.3 Å². The minimum Gasteiger partial charge on any atom is -0.497 e. The normalized spacial score (nSPS) is 23.6. The highest BCUT2D eigenvalue weighted by molar-refractivity contribution is 5.27. The molecule has 122 valence electrons. The van der Waals surface area contributed by atoms with Crippen LogP contribution in [0, 0.1) is 0 Å². The number of benzene rings is 1. The van der Waals surface area contributed by atoms with Gasteiger partial charge >= 0.3 is 0 Å². The summed E-state index contributed by atoms with van der Waals surface area (Å²) in [7, 11) is 1.69. The molecule has 23 heavy (non-hydrogen) atoms. The number of ether oxygens (including phenoxy) is 2. The number of hydrogen-bond acceptors (Lipinski definition) is 5. The van der Waals surface area contributed by atoms with Crippen molar-refractivity contribution in [3.63, 3.8) is 0 Å². The molecule has 0 N–H and O–H groups in total. The molecule has 1 fully saturated rings. The van der Waals surface area contributed by atoms with Crippen LogP contribution in [-0.4, -0.2) is 46.2 Å². The fourth-order valence-electron chi connectivity index (χ4n) is 3.57. The van der Waals surface area contributed by atoms with E-state index < -0.39 is 0 Å². The monoisotopic (exact) mass is 314 g/mol. The Morgan fingerprint density at radius 1 is 1.26 bits per heavy atom. The average molecular weight is 314 g/mol. The summed E-state index contributed by atoms with van der Waals surface area (Å²) >= 11 is 0. The first-order valence-electron chi connectivity index (χ1n) is 8.18. The molecule has 6 nitrogen and oxygen atoms in total. The van der Waals surface area contributed by atoms with E-state index in [-0.39, 0.29) is 12.1 Å². The van der Waals surface area contributed by atoms with Crippen LogP contribution in [0.3, 0.4) is 0 Å². The molecule has 0 radical (unpaired) electrons. The molecule has 0 unspecified atom stereocenters. The first kappa shape index (κ1) is 14.7. The first-order valence-corrected chi connectivity index (χ1v) is 8.18. The number of hydrogen-bond donors (Lipinski definition) is 0. The minimum atomic E-state index is 0.215. The van der Waals surface area contributed by atoms with E-state index >= 15 is 0 Å². The van der Waals surface area contributed by atoms with E-state index in [4.69, 9.17) is 9.47 Å².